The summed E-state index contributed by atoms with van der Waals surface area (Å²) in [5.74, 6) is -2.00. The molecule has 4 rings (SSSR count). The van der Waals surface area contributed by atoms with Crippen molar-refractivity contribution in [3.05, 3.63) is 82.9 Å². The number of urea groups is 1. The van der Waals surface area contributed by atoms with Gasteiger partial charge in [-0.05, 0) is 24.3 Å². The van der Waals surface area contributed by atoms with Crippen LogP contribution in [-0.4, -0.2) is 40.5 Å². The summed E-state index contributed by atoms with van der Waals surface area (Å²) in [6.07, 6.45) is 1.99. The average Bonchev–Trinajstić information content (AvgIpc) is 3.22. The maximum atomic E-state index is 14.6. The Balaban J connectivity index is 1.67. The molecule has 7 nitrogen and oxygen atoms in total. The third-order valence-corrected chi connectivity index (χ3v) is 4.98. The molecule has 30 heavy (non-hydrogen) atoms. The van der Waals surface area contributed by atoms with E-state index in [1.807, 2.05) is 0 Å². The van der Waals surface area contributed by atoms with Crippen molar-refractivity contribution in [1.29, 1.82) is 0 Å². The molecule has 1 unspecified atom stereocenters. The van der Waals surface area contributed by atoms with Crippen LogP contribution in [0.15, 0.2) is 48.8 Å². The normalized spacial score (nSPS) is 15.4. The van der Waals surface area contributed by atoms with Crippen molar-refractivity contribution in [3.63, 3.8) is 0 Å². The van der Waals surface area contributed by atoms with Gasteiger partial charge in [-0.15, -0.1) is 0 Å². The van der Waals surface area contributed by atoms with Crippen molar-refractivity contribution >= 4 is 17.7 Å². The molecular formula is C21H18F2N4O3. The van der Waals surface area contributed by atoms with Crippen LogP contribution in [0.4, 0.5) is 19.3 Å². The van der Waals surface area contributed by atoms with E-state index in [-0.39, 0.29) is 11.1 Å². The van der Waals surface area contributed by atoms with Gasteiger partial charge in [-0.1, -0.05) is 12.1 Å². The number of amides is 2. The number of nitrogens with one attached hydrogen (secondary N) is 2. The van der Waals surface area contributed by atoms with Crippen molar-refractivity contribution in [2.24, 2.45) is 0 Å². The molecule has 0 radical (unpaired) electrons. The lowest BCUT2D eigenvalue weighted by Crippen LogP contribution is -2.43. The van der Waals surface area contributed by atoms with Crippen molar-refractivity contribution in [3.8, 4) is 0 Å². The number of methoxy groups -OCH3 is 1. The molecule has 1 atom stereocenters. The number of carbonyl (C=O) groups is 2. The lowest BCUT2D eigenvalue weighted by atomic mass is 9.95. The monoisotopic (exact) mass is 412 g/mol. The van der Waals surface area contributed by atoms with Crippen molar-refractivity contribution in [2.75, 3.05) is 19.0 Å². The first kappa shape index (κ1) is 19.6. The third kappa shape index (κ3) is 3.61. The Morgan fingerprint density at radius 2 is 2.07 bits per heavy atom. The first-order chi connectivity index (χ1) is 14.5. The van der Waals surface area contributed by atoms with Crippen LogP contribution in [0.5, 0.6) is 0 Å². The van der Waals surface area contributed by atoms with E-state index in [2.05, 4.69) is 15.3 Å². The molecule has 1 aliphatic rings. The summed E-state index contributed by atoms with van der Waals surface area (Å²) < 4.78 is 32.7. The Bertz CT molecular complexity index is 1120. The quantitative estimate of drug-likeness (QED) is 0.643. The van der Waals surface area contributed by atoms with Crippen LogP contribution in [-0.2, 0) is 11.2 Å². The maximum absolute atomic E-state index is 14.6. The highest BCUT2D eigenvalue weighted by atomic mass is 19.1. The third-order valence-electron chi connectivity index (χ3n) is 4.98. The predicted molar refractivity (Wildman–Crippen MR) is 104 cm³/mol. The van der Waals surface area contributed by atoms with E-state index in [0.29, 0.717) is 24.3 Å². The van der Waals surface area contributed by atoms with Crippen LogP contribution >= 0.6 is 0 Å². The molecule has 2 N–H and O–H groups in total. The van der Waals surface area contributed by atoms with Crippen LogP contribution in [0.3, 0.4) is 0 Å². The van der Waals surface area contributed by atoms with E-state index in [0.717, 1.165) is 17.8 Å². The Morgan fingerprint density at radius 1 is 1.23 bits per heavy atom. The second kappa shape index (κ2) is 7.94. The number of aromatic nitrogens is 2. The van der Waals surface area contributed by atoms with E-state index in [4.69, 9.17) is 4.74 Å². The minimum Gasteiger partial charge on any atom is -0.465 e. The fourth-order valence-corrected chi connectivity index (χ4v) is 3.57. The molecule has 1 aliphatic heterocycles. The Labute approximate surface area is 170 Å². The largest absolute Gasteiger partial charge is 0.465 e. The molecule has 0 saturated heterocycles. The highest BCUT2D eigenvalue weighted by Crippen LogP contribution is 2.35. The Hall–Kier alpha value is -3.75. The number of fused-ring (bicyclic) bond motifs is 1. The number of hydrogen-bond donors (Lipinski definition) is 2. The van der Waals surface area contributed by atoms with Crippen molar-refractivity contribution < 1.29 is 23.1 Å². The van der Waals surface area contributed by atoms with Crippen LogP contribution in [0.25, 0.3) is 0 Å². The number of rotatable bonds is 3. The number of aromatic amines is 1. The van der Waals surface area contributed by atoms with Gasteiger partial charge in [0, 0.05) is 36.0 Å². The molecule has 0 saturated carbocycles. The highest BCUT2D eigenvalue weighted by molar-refractivity contribution is 5.94. The van der Waals surface area contributed by atoms with Gasteiger partial charge in [0.15, 0.2) is 0 Å². The molecule has 0 fully saturated rings. The number of halogens is 2. The lowest BCUT2D eigenvalue weighted by molar-refractivity contribution is 0.0600. The number of carbonyl (C=O) groups excluding carboxylic acids is 2. The van der Waals surface area contributed by atoms with Gasteiger partial charge in [0.1, 0.15) is 17.7 Å². The van der Waals surface area contributed by atoms with Crippen LogP contribution < -0.4 is 5.32 Å². The minimum atomic E-state index is -0.829. The second-order valence-corrected chi connectivity index (χ2v) is 6.78. The van der Waals surface area contributed by atoms with Gasteiger partial charge in [0.05, 0.1) is 24.7 Å². The molecule has 2 heterocycles. The van der Waals surface area contributed by atoms with Gasteiger partial charge in [-0.3, -0.25) is 0 Å². The molecule has 0 aliphatic carbocycles. The van der Waals surface area contributed by atoms with Crippen molar-refractivity contribution in [2.45, 2.75) is 12.5 Å². The molecule has 154 valence electrons. The zero-order valence-electron chi connectivity index (χ0n) is 16.0. The fourth-order valence-electron chi connectivity index (χ4n) is 3.57. The predicted octanol–water partition coefficient (Wildman–Crippen LogP) is 3.65. The summed E-state index contributed by atoms with van der Waals surface area (Å²) in [5, 5.41) is 2.73. The van der Waals surface area contributed by atoms with E-state index >= 15 is 0 Å². The molecule has 1 aromatic heterocycles. The summed E-state index contributed by atoms with van der Waals surface area (Å²) in [6, 6.07) is 8.21. The number of hydrogen-bond acceptors (Lipinski definition) is 4. The van der Waals surface area contributed by atoms with E-state index in [1.54, 1.807) is 18.2 Å². The zero-order chi connectivity index (χ0) is 21.3. The topological polar surface area (TPSA) is 87.3 Å². The zero-order valence-corrected chi connectivity index (χ0v) is 16.0. The number of H-pyrrole nitrogens is 1. The first-order valence-corrected chi connectivity index (χ1v) is 9.21. The SMILES string of the molecule is COC(=O)c1cccc(NC(=O)N2CCc3[nH]cnc3C2c2ccc(F)cc2F)c1. The summed E-state index contributed by atoms with van der Waals surface area (Å²) in [5.41, 5.74) is 2.10. The standard InChI is InChI=1S/C21H18F2N4O3/c1-30-20(28)12-3-2-4-14(9-12)26-21(29)27-8-7-17-18(25-11-24-17)19(27)15-6-5-13(22)10-16(15)23/h2-6,9-11,19H,7-8H2,1H3,(H,24,25)(H,26,29). The average molecular weight is 412 g/mol. The van der Waals surface area contributed by atoms with Crippen LogP contribution in [0.1, 0.15) is 33.4 Å². The molecule has 3 aromatic rings. The number of nitrogens with zero attached hydrogens (tertiary/aromatic N) is 2. The maximum Gasteiger partial charge on any atom is 0.337 e. The van der Waals surface area contributed by atoms with Gasteiger partial charge >= 0.3 is 12.0 Å². The van der Waals surface area contributed by atoms with Gasteiger partial charge in [0.2, 0.25) is 0 Å². The number of ether oxygens (including phenoxy) is 1. The van der Waals surface area contributed by atoms with E-state index < -0.39 is 29.7 Å². The Morgan fingerprint density at radius 3 is 2.83 bits per heavy atom. The molecule has 2 amide bonds. The second-order valence-electron chi connectivity index (χ2n) is 6.78. The minimum absolute atomic E-state index is 0.142. The number of esters is 1. The number of anilines is 1. The molecule has 0 bridgehead atoms. The molecule has 2 aromatic carbocycles. The smallest absolute Gasteiger partial charge is 0.337 e. The van der Waals surface area contributed by atoms with Gasteiger partial charge in [-0.25, -0.2) is 23.4 Å². The van der Waals surface area contributed by atoms with Gasteiger partial charge < -0.3 is 19.9 Å². The molecule has 0 spiro atoms. The van der Waals surface area contributed by atoms with E-state index in [9.17, 15) is 18.4 Å². The summed E-state index contributed by atoms with van der Waals surface area (Å²) in [7, 11) is 1.27. The molecular weight excluding hydrogens is 394 g/mol. The summed E-state index contributed by atoms with van der Waals surface area (Å²) in [4.78, 5) is 33.5. The number of imidazole rings is 1. The molecule has 9 heteroatoms. The Kier molecular flexibility index (Phi) is 5.18. The highest BCUT2D eigenvalue weighted by Gasteiger charge is 2.35. The van der Waals surface area contributed by atoms with E-state index in [1.165, 1.54) is 30.5 Å². The summed E-state index contributed by atoms with van der Waals surface area (Å²) >= 11 is 0. The fraction of sp³-hybridized carbons (Fsp3) is 0.190. The van der Waals surface area contributed by atoms with Crippen molar-refractivity contribution in [1.82, 2.24) is 14.9 Å². The lowest BCUT2D eigenvalue weighted by Gasteiger charge is -2.35. The van der Waals surface area contributed by atoms with Gasteiger partial charge in [0.25, 0.3) is 0 Å². The van der Waals surface area contributed by atoms with Crippen LogP contribution in [0, 0.1) is 11.6 Å². The number of benzene rings is 2. The van der Waals surface area contributed by atoms with Gasteiger partial charge in [-0.2, -0.15) is 0 Å². The first-order valence-electron chi connectivity index (χ1n) is 9.21. The van der Waals surface area contributed by atoms with Crippen LogP contribution in [0.2, 0.25) is 0 Å². The summed E-state index contributed by atoms with van der Waals surface area (Å²) in [6.45, 7) is 0.291.